The smallest absolute Gasteiger partial charge is 0.282 e. The number of carbonyl (C=O) groups excluding carboxylic acids is 2. The molecule has 0 saturated carbocycles. The van der Waals surface area contributed by atoms with E-state index in [1.165, 1.54) is 75.4 Å². The summed E-state index contributed by atoms with van der Waals surface area (Å²) in [5.74, 6) is 1.39. The predicted octanol–water partition coefficient (Wildman–Crippen LogP) is 6.41. The first kappa shape index (κ1) is 41.4. The largest absolute Gasteiger partial charge is 0.496 e. The highest BCUT2D eigenvalue weighted by atomic mass is 127. The van der Waals surface area contributed by atoms with Crippen LogP contribution in [0.3, 0.4) is 0 Å². The molecule has 0 spiro atoms. The van der Waals surface area contributed by atoms with Gasteiger partial charge >= 0.3 is 0 Å². The molecule has 2 aromatic heterocycles. The monoisotopic (exact) mass is 829 g/mol. The third-order valence-electron chi connectivity index (χ3n) is 6.26. The Kier molecular flexibility index (Phi) is 16.9. The third-order valence-corrected chi connectivity index (χ3v) is 8.55. The van der Waals surface area contributed by atoms with Crippen LogP contribution in [0.25, 0.3) is 0 Å². The fourth-order valence-electron chi connectivity index (χ4n) is 4.01. The molecule has 0 bridgehead atoms. The number of benzene rings is 2. The number of carbonyl (C=O) groups is 2. The second-order valence-electron chi connectivity index (χ2n) is 9.62. The van der Waals surface area contributed by atoms with Crippen LogP contribution >= 0.6 is 46.1 Å². The Morgan fingerprint density at radius 3 is 1.69 bits per heavy atom. The zero-order valence-corrected chi connectivity index (χ0v) is 32.1. The maximum absolute atomic E-state index is 13.6. The highest BCUT2D eigenvalue weighted by Crippen LogP contribution is 2.29. The lowest BCUT2D eigenvalue weighted by Gasteiger charge is -2.14. The molecule has 0 saturated heterocycles. The summed E-state index contributed by atoms with van der Waals surface area (Å²) >= 11 is 4.93. The zero-order chi connectivity index (χ0) is 36.8. The summed E-state index contributed by atoms with van der Waals surface area (Å²) in [6, 6.07) is 5.34. The van der Waals surface area contributed by atoms with Gasteiger partial charge in [-0.3, -0.25) is 14.4 Å². The number of hydrogen-bond donors (Lipinski definition) is 2. The lowest BCUT2D eigenvalue weighted by Crippen LogP contribution is -2.26. The van der Waals surface area contributed by atoms with E-state index in [9.17, 15) is 18.4 Å². The van der Waals surface area contributed by atoms with Gasteiger partial charge in [0, 0.05) is 19.4 Å². The van der Waals surface area contributed by atoms with Gasteiger partial charge in [-0.2, -0.15) is 0 Å². The molecule has 1 amide bonds. The van der Waals surface area contributed by atoms with Crippen LogP contribution in [0.5, 0.6) is 11.5 Å². The van der Waals surface area contributed by atoms with E-state index in [4.69, 9.17) is 25.8 Å². The maximum atomic E-state index is 13.6. The van der Waals surface area contributed by atoms with E-state index in [1.54, 1.807) is 14.0 Å². The van der Waals surface area contributed by atoms with Crippen LogP contribution in [0.15, 0.2) is 47.0 Å². The van der Waals surface area contributed by atoms with Gasteiger partial charge in [-0.05, 0) is 83.3 Å². The molecule has 49 heavy (non-hydrogen) atoms. The first-order chi connectivity index (χ1) is 23.2. The molecular weight excluding hydrogens is 791 g/mol. The number of nitrogen functional groups attached to an aromatic ring is 2. The summed E-state index contributed by atoms with van der Waals surface area (Å²) in [5, 5.41) is 2.14. The minimum Gasteiger partial charge on any atom is -0.496 e. The highest BCUT2D eigenvalue weighted by molar-refractivity contribution is 14.1. The molecule has 0 aliphatic rings. The van der Waals surface area contributed by atoms with E-state index in [0.29, 0.717) is 21.6 Å². The van der Waals surface area contributed by atoms with E-state index in [-0.39, 0.29) is 40.1 Å². The van der Waals surface area contributed by atoms with Gasteiger partial charge in [-0.25, -0.2) is 33.8 Å². The van der Waals surface area contributed by atoms with Crippen LogP contribution in [0.4, 0.5) is 20.4 Å². The number of rotatable bonds is 10. The summed E-state index contributed by atoms with van der Waals surface area (Å²) in [6.07, 6.45) is 2.78. The topological polar surface area (TPSA) is 169 Å². The average molecular weight is 830 g/mol. The molecule has 2 heterocycles. The van der Waals surface area contributed by atoms with Crippen LogP contribution in [-0.4, -0.2) is 76.6 Å². The number of hydroxylamine groups is 2. The van der Waals surface area contributed by atoms with Gasteiger partial charge in [-0.15, -0.1) is 0 Å². The number of nitrogens with two attached hydrogens (primary N) is 2. The molecule has 0 fully saturated rings. The van der Waals surface area contributed by atoms with Crippen molar-refractivity contribution in [1.29, 1.82) is 0 Å². The molecule has 0 unspecified atom stereocenters. The lowest BCUT2D eigenvalue weighted by molar-refractivity contribution is -0.0756. The number of ketones is 1. The first-order valence-corrected chi connectivity index (χ1v) is 17.5. The number of methoxy groups -OCH3 is 2. The predicted molar refractivity (Wildman–Crippen MR) is 196 cm³/mol. The quantitative estimate of drug-likeness (QED) is 0.0592. The minimum atomic E-state index is -0.515. The van der Waals surface area contributed by atoms with Gasteiger partial charge in [0.2, 0.25) is 5.78 Å². The second kappa shape index (κ2) is 20.0. The molecule has 0 aliphatic heterocycles. The molecule has 0 atom stereocenters. The molecule has 17 heteroatoms. The van der Waals surface area contributed by atoms with Crippen molar-refractivity contribution in [3.8, 4) is 11.5 Å². The second-order valence-corrected chi connectivity index (χ2v) is 13.2. The Labute approximate surface area is 306 Å². The summed E-state index contributed by atoms with van der Waals surface area (Å²) < 4.78 is 37.4. The Morgan fingerprint density at radius 2 is 1.27 bits per heavy atom. The van der Waals surface area contributed by atoms with E-state index >= 15 is 0 Å². The van der Waals surface area contributed by atoms with E-state index in [1.807, 2.05) is 43.4 Å². The molecule has 0 radical (unpaired) electrons. The van der Waals surface area contributed by atoms with Crippen molar-refractivity contribution in [2.24, 2.45) is 0 Å². The molecule has 264 valence electrons. The molecule has 2 aromatic carbocycles. The van der Waals surface area contributed by atoms with Crippen LogP contribution in [-0.2, 0) is 4.84 Å². The molecule has 4 N–H and O–H groups in total. The van der Waals surface area contributed by atoms with E-state index < -0.39 is 11.6 Å². The number of nitrogens with zero attached hydrogens (tertiary/aromatic N) is 5. The summed E-state index contributed by atoms with van der Waals surface area (Å²) in [7, 11) is 5.91. The Morgan fingerprint density at radius 1 is 0.796 bits per heavy atom. The number of ether oxygens (including phenoxy) is 2. The number of amides is 1. The number of thioether (sulfide) groups is 2. The molecule has 0 aliphatic carbocycles. The number of aromatic nitrogens is 4. The number of aryl methyl sites for hydroxylation is 2. The van der Waals surface area contributed by atoms with Crippen LogP contribution in [0.2, 0.25) is 0 Å². The van der Waals surface area contributed by atoms with Crippen molar-refractivity contribution in [2.75, 3.05) is 51.4 Å². The summed E-state index contributed by atoms with van der Waals surface area (Å²) in [4.78, 5) is 45.3. The number of anilines is 2. The third kappa shape index (κ3) is 11.6. The normalized spacial score (nSPS) is 10.3. The molecule has 4 aromatic rings. The van der Waals surface area contributed by atoms with Gasteiger partial charge in [0.15, 0.2) is 10.3 Å². The SMILES string of the molecule is CCSc1ncc(C(=O)N(C)OC)c(N)n1.CCSc1ncc(C(=O)c2cc(F)cc(C)c2OC)c(N)n1.COc1c(C)cc(F)cc1I. The number of halogens is 3. The lowest BCUT2D eigenvalue weighted by atomic mass is 10.0. The molecular formula is C32H38F2IN7O5S2. The van der Waals surface area contributed by atoms with Crippen LogP contribution < -0.4 is 20.9 Å². The van der Waals surface area contributed by atoms with Crippen molar-refractivity contribution in [3.63, 3.8) is 0 Å². The van der Waals surface area contributed by atoms with Gasteiger partial charge < -0.3 is 20.9 Å². The van der Waals surface area contributed by atoms with Crippen molar-refractivity contribution in [2.45, 2.75) is 38.0 Å². The van der Waals surface area contributed by atoms with E-state index in [0.717, 1.165) is 37.5 Å². The Hall–Kier alpha value is -3.81. The standard InChI is InChI=1S/C15H16FN3O2S.C9H14N4O2S.C8H8FIO/c1-4-22-15-18-7-11(14(17)19-15)12(20)10-6-9(16)5-8(2)13(10)21-3;1-4-16-9-11-5-6(7(10)12-9)8(14)13(2)15-3;1-5-3-6(9)4-7(10)8(5)11-2/h5-7H,4H2,1-3H3,(H2,17,18,19);5H,4H2,1-3H3,(H2,10,11,12);3-4H,1-2H3. The minimum absolute atomic E-state index is 0.0694. The van der Waals surface area contributed by atoms with Gasteiger partial charge in [-0.1, -0.05) is 37.4 Å². The van der Waals surface area contributed by atoms with Gasteiger partial charge in [0.1, 0.15) is 40.3 Å². The Balaban J connectivity index is 0.000000271. The van der Waals surface area contributed by atoms with Crippen LogP contribution in [0, 0.1) is 29.1 Å². The fraction of sp³-hybridized carbons (Fsp3) is 0.312. The highest BCUT2D eigenvalue weighted by Gasteiger charge is 2.21. The van der Waals surface area contributed by atoms with Gasteiger partial charge in [0.25, 0.3) is 5.91 Å². The van der Waals surface area contributed by atoms with Crippen molar-refractivity contribution < 1.29 is 32.7 Å². The molecule has 4 rings (SSSR count). The average Bonchev–Trinajstić information content (AvgIpc) is 3.04. The van der Waals surface area contributed by atoms with E-state index in [2.05, 4.69) is 19.9 Å². The summed E-state index contributed by atoms with van der Waals surface area (Å²) in [6.45, 7) is 7.44. The van der Waals surface area contributed by atoms with Crippen molar-refractivity contribution >= 4 is 69.4 Å². The number of hydrogen-bond acceptors (Lipinski definition) is 13. The zero-order valence-electron chi connectivity index (χ0n) is 28.3. The van der Waals surface area contributed by atoms with Crippen molar-refractivity contribution in [3.05, 3.63) is 79.7 Å². The fourth-order valence-corrected chi connectivity index (χ4v) is 6.05. The van der Waals surface area contributed by atoms with Crippen LogP contribution in [0.1, 0.15) is 51.3 Å². The maximum Gasteiger partial charge on any atom is 0.282 e. The molecule has 12 nitrogen and oxygen atoms in total. The summed E-state index contributed by atoms with van der Waals surface area (Å²) in [5.41, 5.74) is 13.3. The Bertz CT molecular complexity index is 1750. The van der Waals surface area contributed by atoms with Gasteiger partial charge in [0.05, 0.1) is 36.0 Å². The first-order valence-electron chi connectivity index (χ1n) is 14.4. The van der Waals surface area contributed by atoms with Crippen molar-refractivity contribution in [1.82, 2.24) is 25.0 Å².